The lowest BCUT2D eigenvalue weighted by atomic mass is 10.1. The number of alkyl halides is 3. The van der Waals surface area contributed by atoms with Crippen LogP contribution in [0.1, 0.15) is 16.7 Å². The molecule has 1 aromatic heterocycles. The highest BCUT2D eigenvalue weighted by Gasteiger charge is 2.32. The third kappa shape index (κ3) is 6.24. The van der Waals surface area contributed by atoms with Crippen LogP contribution in [0.2, 0.25) is 0 Å². The number of ether oxygens (including phenoxy) is 1. The van der Waals surface area contributed by atoms with Crippen LogP contribution in [0.3, 0.4) is 0 Å². The number of aromatic nitrogens is 3. The van der Waals surface area contributed by atoms with Gasteiger partial charge in [-0.2, -0.15) is 18.2 Å². The number of amides is 3. The van der Waals surface area contributed by atoms with Crippen LogP contribution in [0.5, 0.6) is 5.75 Å². The molecule has 0 aliphatic carbocycles. The minimum atomic E-state index is -4.41. The van der Waals surface area contributed by atoms with Crippen molar-refractivity contribution in [2.75, 3.05) is 17.8 Å². The van der Waals surface area contributed by atoms with E-state index in [1.165, 1.54) is 39.8 Å². The van der Waals surface area contributed by atoms with Crippen molar-refractivity contribution in [2.45, 2.75) is 19.6 Å². The van der Waals surface area contributed by atoms with E-state index in [1.807, 2.05) is 13.0 Å². The van der Waals surface area contributed by atoms with E-state index in [0.717, 1.165) is 23.3 Å². The predicted octanol–water partition coefficient (Wildman–Crippen LogP) is 5.62. The zero-order chi connectivity index (χ0) is 29.1. The lowest BCUT2D eigenvalue weighted by Gasteiger charge is -2.18. The molecule has 13 heteroatoms. The number of benzene rings is 3. The van der Waals surface area contributed by atoms with Crippen molar-refractivity contribution in [2.24, 2.45) is 4.99 Å². The largest absolute Gasteiger partial charge is 0.497 e. The number of urea groups is 1. The summed E-state index contributed by atoms with van der Waals surface area (Å²) < 4.78 is 45.1. The molecule has 210 valence electrons. The van der Waals surface area contributed by atoms with Gasteiger partial charge < -0.3 is 10.1 Å². The van der Waals surface area contributed by atoms with Crippen molar-refractivity contribution in [1.82, 2.24) is 20.1 Å². The topological polar surface area (TPSA) is 102 Å². The van der Waals surface area contributed by atoms with Crippen molar-refractivity contribution in [3.63, 3.8) is 0 Å². The number of carbonyl (C=O) groups excluding carboxylic acids is 2. The van der Waals surface area contributed by atoms with Gasteiger partial charge in [-0.3, -0.25) is 9.69 Å². The Bertz CT molecular complexity index is 1620. The van der Waals surface area contributed by atoms with Crippen molar-refractivity contribution >= 4 is 34.6 Å². The second-order valence-corrected chi connectivity index (χ2v) is 9.92. The van der Waals surface area contributed by atoms with Gasteiger partial charge in [0.25, 0.3) is 0 Å². The molecule has 0 atom stereocenters. The molecule has 9 nitrogen and oxygen atoms in total. The van der Waals surface area contributed by atoms with E-state index in [4.69, 9.17) is 4.74 Å². The third-order valence-electron chi connectivity index (χ3n) is 6.21. The lowest BCUT2D eigenvalue weighted by molar-refractivity contribution is -0.137. The molecule has 3 aromatic carbocycles. The van der Waals surface area contributed by atoms with Crippen molar-refractivity contribution in [3.8, 4) is 22.8 Å². The number of aliphatic imine (C=N–C) groups is 1. The number of thioether (sulfide) groups is 1. The van der Waals surface area contributed by atoms with E-state index >= 15 is 0 Å². The maximum Gasteiger partial charge on any atom is 0.416 e. The number of hydrogen-bond acceptors (Lipinski definition) is 6. The lowest BCUT2D eigenvalue weighted by Crippen LogP contribution is -2.31. The Kier molecular flexibility index (Phi) is 7.79. The average Bonchev–Trinajstić information content (AvgIpc) is 3.59. The van der Waals surface area contributed by atoms with Crippen LogP contribution in [0, 0.1) is 6.92 Å². The highest BCUT2D eigenvalue weighted by Crippen LogP contribution is 2.32. The van der Waals surface area contributed by atoms with Crippen LogP contribution in [0.4, 0.5) is 23.7 Å². The molecule has 3 amide bonds. The molecule has 1 saturated heterocycles. The molecule has 0 saturated carbocycles. The second-order valence-electron chi connectivity index (χ2n) is 8.98. The Morgan fingerprint density at radius 2 is 1.83 bits per heavy atom. The average molecular weight is 581 g/mol. The standard InChI is InChI=1S/C28H23F3N6O3S/c1-17-13-22(40-2)11-12-23(17)37-24(38)15-41-27(37)34-26(39)32-14-18-3-5-19(6-4-18)25-33-16-36(35-25)21-9-7-20(8-10-21)28(29,30)31/h3-13,16H,14-15H2,1-2H3,(H,32,39)/b34-27-. The van der Waals surface area contributed by atoms with E-state index in [2.05, 4.69) is 20.4 Å². The number of halogens is 3. The molecule has 2 heterocycles. The maximum absolute atomic E-state index is 12.8. The number of amidine groups is 1. The first-order valence-corrected chi connectivity index (χ1v) is 13.3. The zero-order valence-corrected chi connectivity index (χ0v) is 22.7. The number of carbonyl (C=O) groups is 2. The molecule has 4 aromatic rings. The second kappa shape index (κ2) is 11.5. The zero-order valence-electron chi connectivity index (χ0n) is 21.8. The molecule has 0 unspecified atom stereocenters. The highest BCUT2D eigenvalue weighted by atomic mass is 32.2. The minimum absolute atomic E-state index is 0.167. The molecule has 1 fully saturated rings. The van der Waals surface area contributed by atoms with Gasteiger partial charge >= 0.3 is 12.2 Å². The number of nitrogens with one attached hydrogen (secondary N) is 1. The summed E-state index contributed by atoms with van der Waals surface area (Å²) in [6, 6.07) is 16.5. The Labute approximate surface area is 237 Å². The van der Waals surface area contributed by atoms with Gasteiger partial charge in [0.15, 0.2) is 11.0 Å². The summed E-state index contributed by atoms with van der Waals surface area (Å²) in [5.74, 6) is 1.07. The molecule has 0 bridgehead atoms. The van der Waals surface area contributed by atoms with E-state index in [0.29, 0.717) is 33.7 Å². The molecule has 1 aliphatic rings. The molecule has 1 N–H and O–H groups in total. The van der Waals surface area contributed by atoms with E-state index < -0.39 is 17.8 Å². The molecule has 1 aliphatic heterocycles. The van der Waals surface area contributed by atoms with Crippen molar-refractivity contribution in [1.29, 1.82) is 0 Å². The van der Waals surface area contributed by atoms with Gasteiger partial charge in [-0.15, -0.1) is 5.10 Å². The van der Waals surface area contributed by atoms with Crippen molar-refractivity contribution in [3.05, 3.63) is 89.7 Å². The van der Waals surface area contributed by atoms with Crippen LogP contribution in [-0.2, 0) is 17.5 Å². The first-order valence-electron chi connectivity index (χ1n) is 12.3. The number of anilines is 1. The summed E-state index contributed by atoms with van der Waals surface area (Å²) >= 11 is 1.19. The molecule has 0 radical (unpaired) electrons. The molecule has 0 spiro atoms. The number of nitrogens with zero attached hydrogens (tertiary/aromatic N) is 5. The van der Waals surface area contributed by atoms with Gasteiger partial charge in [-0.25, -0.2) is 14.5 Å². The Morgan fingerprint density at radius 1 is 1.10 bits per heavy atom. The van der Waals surface area contributed by atoms with E-state index in [9.17, 15) is 22.8 Å². The normalized spacial score (nSPS) is 14.5. The highest BCUT2D eigenvalue weighted by molar-refractivity contribution is 8.15. The van der Waals surface area contributed by atoms with E-state index in [-0.39, 0.29) is 18.2 Å². The molecule has 5 rings (SSSR count). The summed E-state index contributed by atoms with van der Waals surface area (Å²) in [7, 11) is 1.56. The van der Waals surface area contributed by atoms with Gasteiger partial charge in [0.1, 0.15) is 12.1 Å². The monoisotopic (exact) mass is 580 g/mol. The Hall–Kier alpha value is -4.65. The van der Waals surface area contributed by atoms with Crippen LogP contribution >= 0.6 is 11.8 Å². The number of hydrogen-bond donors (Lipinski definition) is 1. The number of aryl methyl sites for hydroxylation is 1. The summed E-state index contributed by atoms with van der Waals surface area (Å²) in [4.78, 5) is 34.9. The fourth-order valence-corrected chi connectivity index (χ4v) is 4.94. The van der Waals surface area contributed by atoms with E-state index in [1.54, 1.807) is 43.5 Å². The van der Waals surface area contributed by atoms with Crippen LogP contribution in [0.25, 0.3) is 17.1 Å². The molecular formula is C28H23F3N6O3S. The van der Waals surface area contributed by atoms with Gasteiger partial charge in [0.2, 0.25) is 5.91 Å². The third-order valence-corrected chi connectivity index (χ3v) is 7.14. The Morgan fingerprint density at radius 3 is 2.49 bits per heavy atom. The van der Waals surface area contributed by atoms with Gasteiger partial charge in [0, 0.05) is 12.1 Å². The maximum atomic E-state index is 12.8. The van der Waals surface area contributed by atoms with Crippen molar-refractivity contribution < 1.29 is 27.5 Å². The molecule has 41 heavy (non-hydrogen) atoms. The van der Waals surface area contributed by atoms with Gasteiger partial charge in [-0.1, -0.05) is 36.0 Å². The fourth-order valence-electron chi connectivity index (χ4n) is 4.09. The quantitative estimate of drug-likeness (QED) is 0.318. The number of rotatable bonds is 6. The number of methoxy groups -OCH3 is 1. The first kappa shape index (κ1) is 27.9. The smallest absolute Gasteiger partial charge is 0.416 e. The summed E-state index contributed by atoms with van der Waals surface area (Å²) in [5, 5.41) is 7.38. The molecular weight excluding hydrogens is 557 g/mol. The van der Waals surface area contributed by atoms with Gasteiger partial charge in [-0.05, 0) is 60.5 Å². The summed E-state index contributed by atoms with van der Waals surface area (Å²) in [6.45, 7) is 2.05. The Balaban J connectivity index is 1.22. The SMILES string of the molecule is COc1ccc(N2C(=O)CS/C2=N\C(=O)NCc2ccc(-c3ncn(-c4ccc(C(F)(F)F)cc4)n3)cc2)c(C)c1. The first-order chi connectivity index (χ1) is 19.6. The van der Waals surface area contributed by atoms with Crippen LogP contribution in [0.15, 0.2) is 78.0 Å². The predicted molar refractivity (Wildman–Crippen MR) is 149 cm³/mol. The summed E-state index contributed by atoms with van der Waals surface area (Å²) in [5.41, 5.74) is 2.64. The van der Waals surface area contributed by atoms with Crippen LogP contribution < -0.4 is 15.0 Å². The minimum Gasteiger partial charge on any atom is -0.497 e. The fraction of sp³-hybridized carbons (Fsp3) is 0.179. The van der Waals surface area contributed by atoms with Crippen LogP contribution in [-0.4, -0.2) is 44.7 Å². The summed E-state index contributed by atoms with van der Waals surface area (Å²) in [6.07, 6.45) is -2.99. The van der Waals surface area contributed by atoms with Gasteiger partial charge in [0.05, 0.1) is 29.8 Å².